The van der Waals surface area contributed by atoms with Crippen LogP contribution in [0.2, 0.25) is 0 Å². The van der Waals surface area contributed by atoms with E-state index >= 15 is 0 Å². The van der Waals surface area contributed by atoms with Crippen LogP contribution in [0.25, 0.3) is 0 Å². The van der Waals surface area contributed by atoms with Gasteiger partial charge in [-0.3, -0.25) is 4.99 Å². The molecular weight excluding hydrogens is 450 g/mol. The van der Waals surface area contributed by atoms with Gasteiger partial charge in [-0.15, -0.1) is 35.3 Å². The largest absolute Gasteiger partial charge is 0.354 e. The maximum Gasteiger partial charge on any atom is 0.191 e. The van der Waals surface area contributed by atoms with Crippen molar-refractivity contribution in [3.05, 3.63) is 57.0 Å². The van der Waals surface area contributed by atoms with E-state index in [0.717, 1.165) is 6.42 Å². The average molecular weight is 472 g/mol. The van der Waals surface area contributed by atoms with Gasteiger partial charge in [0, 0.05) is 41.4 Å². The molecule has 4 nitrogen and oxygen atoms in total. The second-order valence-corrected chi connectivity index (χ2v) is 6.98. The van der Waals surface area contributed by atoms with E-state index in [4.69, 9.17) is 5.26 Å². The Hall–Kier alpha value is -1.66. The monoisotopic (exact) mass is 472 g/mol. The minimum Gasteiger partial charge on any atom is -0.354 e. The third-order valence-electron chi connectivity index (χ3n) is 3.53. The number of halogens is 2. The normalized spacial score (nSPS) is 12.0. The highest BCUT2D eigenvalue weighted by atomic mass is 127. The number of hydrogen-bond donors (Lipinski definition) is 2. The van der Waals surface area contributed by atoms with Gasteiger partial charge in [0.1, 0.15) is 5.82 Å². The maximum atomic E-state index is 13.8. The Balaban J connectivity index is 0.00000312. The van der Waals surface area contributed by atoms with Crippen LogP contribution in [0, 0.1) is 24.1 Å². The molecule has 2 N–H and O–H groups in total. The average Bonchev–Trinajstić information content (AvgIpc) is 2.97. The summed E-state index contributed by atoms with van der Waals surface area (Å²) in [7, 11) is 1.68. The molecule has 0 spiro atoms. The third-order valence-corrected chi connectivity index (χ3v) is 4.55. The molecule has 0 bridgehead atoms. The molecule has 0 amide bonds. The number of nitriles is 1. The number of thiophene rings is 1. The van der Waals surface area contributed by atoms with Gasteiger partial charge >= 0.3 is 0 Å². The zero-order chi connectivity index (χ0) is 17.5. The molecule has 0 saturated carbocycles. The van der Waals surface area contributed by atoms with Crippen LogP contribution in [0.15, 0.2) is 35.3 Å². The van der Waals surface area contributed by atoms with Crippen LogP contribution in [-0.4, -0.2) is 19.0 Å². The first-order valence-electron chi connectivity index (χ1n) is 7.73. The lowest BCUT2D eigenvalue weighted by Gasteiger charge is -2.17. The van der Waals surface area contributed by atoms with Gasteiger partial charge in [-0.1, -0.05) is 0 Å². The summed E-state index contributed by atoms with van der Waals surface area (Å²) >= 11 is 1.79. The predicted octanol–water partition coefficient (Wildman–Crippen LogP) is 3.98. The number of aryl methyl sites for hydroxylation is 1. The van der Waals surface area contributed by atoms with Crippen molar-refractivity contribution >= 4 is 41.3 Å². The first-order valence-corrected chi connectivity index (χ1v) is 8.54. The van der Waals surface area contributed by atoms with Crippen LogP contribution in [0.1, 0.15) is 27.8 Å². The second-order valence-electron chi connectivity index (χ2n) is 5.61. The molecule has 0 saturated heterocycles. The molecule has 25 heavy (non-hydrogen) atoms. The molecule has 2 rings (SSSR count). The Morgan fingerprint density at radius 2 is 2.12 bits per heavy atom. The Morgan fingerprint density at radius 3 is 2.72 bits per heavy atom. The fourth-order valence-corrected chi connectivity index (χ4v) is 3.35. The van der Waals surface area contributed by atoms with E-state index in [2.05, 4.69) is 41.6 Å². The van der Waals surface area contributed by atoms with Crippen molar-refractivity contribution in [2.45, 2.75) is 32.9 Å². The molecule has 1 heterocycles. The zero-order valence-corrected chi connectivity index (χ0v) is 17.6. The third kappa shape index (κ3) is 6.63. The zero-order valence-electron chi connectivity index (χ0n) is 14.5. The fourth-order valence-electron chi connectivity index (χ4n) is 2.33. The van der Waals surface area contributed by atoms with Crippen LogP contribution in [-0.2, 0) is 13.0 Å². The topological polar surface area (TPSA) is 60.2 Å². The van der Waals surface area contributed by atoms with Crippen molar-refractivity contribution in [1.82, 2.24) is 10.6 Å². The summed E-state index contributed by atoms with van der Waals surface area (Å²) in [5.74, 6) is 0.275. The predicted molar refractivity (Wildman–Crippen MR) is 112 cm³/mol. The van der Waals surface area contributed by atoms with Crippen molar-refractivity contribution < 1.29 is 4.39 Å². The number of nitrogens with one attached hydrogen (secondary N) is 2. The fraction of sp³-hybridized carbons (Fsp3) is 0.333. The molecule has 1 atom stereocenters. The molecule has 134 valence electrons. The van der Waals surface area contributed by atoms with E-state index in [1.165, 1.54) is 21.9 Å². The van der Waals surface area contributed by atoms with Crippen LogP contribution in [0.4, 0.5) is 4.39 Å². The molecule has 0 aliphatic rings. The number of hydrogen-bond acceptors (Lipinski definition) is 3. The molecule has 1 aromatic carbocycles. The van der Waals surface area contributed by atoms with E-state index in [1.807, 2.05) is 6.07 Å². The quantitative estimate of drug-likeness (QED) is 0.393. The highest BCUT2D eigenvalue weighted by molar-refractivity contribution is 14.0. The van der Waals surface area contributed by atoms with Crippen molar-refractivity contribution in [2.75, 3.05) is 7.05 Å². The molecule has 0 aliphatic heterocycles. The lowest BCUT2D eigenvalue weighted by molar-refractivity contribution is 0.600. The smallest absolute Gasteiger partial charge is 0.191 e. The number of guanidine groups is 1. The van der Waals surface area contributed by atoms with Gasteiger partial charge in [-0.2, -0.15) is 5.26 Å². The van der Waals surface area contributed by atoms with Gasteiger partial charge in [0.15, 0.2) is 5.96 Å². The Kier molecular flexibility index (Phi) is 8.86. The first-order chi connectivity index (χ1) is 11.5. The Labute approximate surface area is 169 Å². The van der Waals surface area contributed by atoms with Crippen molar-refractivity contribution in [2.24, 2.45) is 4.99 Å². The number of rotatable bonds is 5. The van der Waals surface area contributed by atoms with E-state index in [9.17, 15) is 4.39 Å². The highest BCUT2D eigenvalue weighted by Crippen LogP contribution is 2.16. The van der Waals surface area contributed by atoms with Gasteiger partial charge in [-0.25, -0.2) is 4.39 Å². The van der Waals surface area contributed by atoms with E-state index in [0.29, 0.717) is 17.1 Å². The van der Waals surface area contributed by atoms with Crippen molar-refractivity contribution in [1.29, 1.82) is 5.26 Å². The van der Waals surface area contributed by atoms with Crippen molar-refractivity contribution in [3.63, 3.8) is 0 Å². The van der Waals surface area contributed by atoms with Crippen LogP contribution in [0.3, 0.4) is 0 Å². The van der Waals surface area contributed by atoms with Gasteiger partial charge in [0.25, 0.3) is 0 Å². The molecular formula is C18H22FIN4S. The van der Waals surface area contributed by atoms with Crippen molar-refractivity contribution in [3.8, 4) is 6.07 Å². The minimum atomic E-state index is -0.334. The van der Waals surface area contributed by atoms with E-state index in [-0.39, 0.29) is 42.4 Å². The molecule has 0 radical (unpaired) electrons. The molecule has 0 fully saturated rings. The molecule has 7 heteroatoms. The second kappa shape index (κ2) is 10.4. The SMILES string of the molecule is CN=C(NCc1cc(C#N)ccc1F)NC(C)Cc1ccc(C)s1.I. The van der Waals surface area contributed by atoms with E-state index < -0.39 is 0 Å². The summed E-state index contributed by atoms with van der Waals surface area (Å²) in [6.07, 6.45) is 0.900. The number of nitrogens with zero attached hydrogens (tertiary/aromatic N) is 2. The molecule has 1 unspecified atom stereocenters. The summed E-state index contributed by atoms with van der Waals surface area (Å²) in [5.41, 5.74) is 0.885. The van der Waals surface area contributed by atoms with Gasteiger partial charge in [0.05, 0.1) is 11.6 Å². The summed E-state index contributed by atoms with van der Waals surface area (Å²) in [6.45, 7) is 4.45. The summed E-state index contributed by atoms with van der Waals surface area (Å²) < 4.78 is 13.8. The highest BCUT2D eigenvalue weighted by Gasteiger charge is 2.09. The molecule has 0 aliphatic carbocycles. The molecule has 2 aromatic rings. The van der Waals surface area contributed by atoms with Crippen LogP contribution < -0.4 is 10.6 Å². The maximum absolute atomic E-state index is 13.8. The van der Waals surface area contributed by atoms with Crippen LogP contribution >= 0.6 is 35.3 Å². The Bertz CT molecular complexity index is 767. The van der Waals surface area contributed by atoms with Crippen LogP contribution in [0.5, 0.6) is 0 Å². The van der Waals surface area contributed by atoms with Gasteiger partial charge < -0.3 is 10.6 Å². The van der Waals surface area contributed by atoms with Gasteiger partial charge in [-0.05, 0) is 44.2 Å². The molecule has 1 aromatic heterocycles. The minimum absolute atomic E-state index is 0. The summed E-state index contributed by atoms with van der Waals surface area (Å²) in [5, 5.41) is 15.3. The number of benzene rings is 1. The lowest BCUT2D eigenvalue weighted by atomic mass is 10.1. The lowest BCUT2D eigenvalue weighted by Crippen LogP contribution is -2.42. The summed E-state index contributed by atoms with van der Waals surface area (Å²) in [6, 6.07) is 10.8. The standard InChI is InChI=1S/C18H21FN4S.HI/c1-12(8-16-6-4-13(2)24-16)23-18(21-3)22-11-15-9-14(10-20)5-7-17(15)19;/h4-7,9,12H,8,11H2,1-3H3,(H2,21,22,23);1H. The first kappa shape index (κ1) is 21.4. The van der Waals surface area contributed by atoms with Gasteiger partial charge in [0.2, 0.25) is 0 Å². The Morgan fingerprint density at radius 1 is 1.36 bits per heavy atom. The number of aliphatic imine (C=N–C) groups is 1. The summed E-state index contributed by atoms with van der Waals surface area (Å²) in [4.78, 5) is 6.79. The van der Waals surface area contributed by atoms with E-state index in [1.54, 1.807) is 24.5 Å².